The summed E-state index contributed by atoms with van der Waals surface area (Å²) in [4.78, 5) is 0. The summed E-state index contributed by atoms with van der Waals surface area (Å²) >= 11 is 1.76. The summed E-state index contributed by atoms with van der Waals surface area (Å²) in [6, 6.07) is 2.18. The van der Waals surface area contributed by atoms with Gasteiger partial charge in [-0.3, -0.25) is 0 Å². The van der Waals surface area contributed by atoms with Crippen LogP contribution in [0.2, 0.25) is 0 Å². The van der Waals surface area contributed by atoms with E-state index in [0.717, 1.165) is 12.8 Å². The Morgan fingerprint density at radius 2 is 2.23 bits per heavy atom. The molecule has 0 saturated heterocycles. The van der Waals surface area contributed by atoms with Gasteiger partial charge < -0.3 is 5.11 Å². The van der Waals surface area contributed by atoms with E-state index in [1.807, 2.05) is 6.92 Å². The van der Waals surface area contributed by atoms with Crippen molar-refractivity contribution in [3.05, 3.63) is 22.4 Å². The second-order valence-electron chi connectivity index (χ2n) is 3.86. The van der Waals surface area contributed by atoms with E-state index in [2.05, 4.69) is 23.8 Å². The first kappa shape index (κ1) is 10.7. The standard InChI is InChI=1S/C11H18OS/c1-9(7-10(2)12)3-4-11-5-6-13-8-11/h5-6,8-10,12H,3-4,7H2,1-2H3. The number of aliphatic hydroxyl groups is 1. The van der Waals surface area contributed by atoms with Crippen molar-refractivity contribution in [3.8, 4) is 0 Å². The van der Waals surface area contributed by atoms with Crippen molar-refractivity contribution in [3.63, 3.8) is 0 Å². The van der Waals surface area contributed by atoms with Crippen LogP contribution in [0.25, 0.3) is 0 Å². The van der Waals surface area contributed by atoms with Crippen molar-refractivity contribution in [1.29, 1.82) is 0 Å². The predicted octanol–water partition coefficient (Wildman–Crippen LogP) is 3.09. The molecule has 1 heterocycles. The zero-order valence-corrected chi connectivity index (χ0v) is 9.18. The van der Waals surface area contributed by atoms with Crippen LogP contribution < -0.4 is 0 Å². The Balaban J connectivity index is 2.19. The van der Waals surface area contributed by atoms with E-state index in [1.54, 1.807) is 11.3 Å². The van der Waals surface area contributed by atoms with Gasteiger partial charge in [-0.2, -0.15) is 11.3 Å². The van der Waals surface area contributed by atoms with E-state index < -0.39 is 0 Å². The first-order chi connectivity index (χ1) is 6.18. The first-order valence-corrected chi connectivity index (χ1v) is 5.82. The van der Waals surface area contributed by atoms with Crippen LogP contribution >= 0.6 is 11.3 Å². The summed E-state index contributed by atoms with van der Waals surface area (Å²) in [6.45, 7) is 4.07. The van der Waals surface area contributed by atoms with Crippen molar-refractivity contribution in [2.45, 2.75) is 39.2 Å². The Morgan fingerprint density at radius 1 is 1.46 bits per heavy atom. The highest BCUT2D eigenvalue weighted by Gasteiger charge is 2.06. The summed E-state index contributed by atoms with van der Waals surface area (Å²) in [5.41, 5.74) is 1.43. The van der Waals surface area contributed by atoms with Gasteiger partial charge in [0, 0.05) is 0 Å². The van der Waals surface area contributed by atoms with Gasteiger partial charge in [-0.05, 0) is 54.5 Å². The van der Waals surface area contributed by atoms with Gasteiger partial charge in [0.2, 0.25) is 0 Å². The fourth-order valence-corrected chi connectivity index (χ4v) is 2.25. The lowest BCUT2D eigenvalue weighted by Gasteiger charge is -2.12. The third-order valence-electron chi connectivity index (χ3n) is 2.25. The molecule has 0 fully saturated rings. The lowest BCUT2D eigenvalue weighted by atomic mass is 9.97. The quantitative estimate of drug-likeness (QED) is 0.771. The largest absolute Gasteiger partial charge is 0.393 e. The molecule has 0 aliphatic rings. The van der Waals surface area contributed by atoms with E-state index in [4.69, 9.17) is 0 Å². The topological polar surface area (TPSA) is 20.2 Å². The maximum absolute atomic E-state index is 9.18. The van der Waals surface area contributed by atoms with Gasteiger partial charge in [0.05, 0.1) is 6.10 Å². The van der Waals surface area contributed by atoms with Gasteiger partial charge in [-0.1, -0.05) is 6.92 Å². The van der Waals surface area contributed by atoms with Crippen molar-refractivity contribution in [1.82, 2.24) is 0 Å². The molecule has 0 aliphatic carbocycles. The molecule has 13 heavy (non-hydrogen) atoms. The maximum atomic E-state index is 9.18. The molecule has 2 atom stereocenters. The Hall–Kier alpha value is -0.340. The van der Waals surface area contributed by atoms with Crippen LogP contribution in [-0.2, 0) is 6.42 Å². The molecular formula is C11H18OS. The third-order valence-corrected chi connectivity index (χ3v) is 2.98. The monoisotopic (exact) mass is 198 g/mol. The highest BCUT2D eigenvalue weighted by atomic mass is 32.1. The molecule has 0 aromatic carbocycles. The summed E-state index contributed by atoms with van der Waals surface area (Å²) in [6.07, 6.45) is 3.10. The average Bonchev–Trinajstić information content (AvgIpc) is 2.51. The number of thiophene rings is 1. The van der Waals surface area contributed by atoms with Crippen LogP contribution in [0, 0.1) is 5.92 Å². The summed E-state index contributed by atoms with van der Waals surface area (Å²) < 4.78 is 0. The number of hydrogen-bond acceptors (Lipinski definition) is 2. The minimum atomic E-state index is -0.155. The van der Waals surface area contributed by atoms with Gasteiger partial charge in [0.25, 0.3) is 0 Å². The molecule has 1 rings (SSSR count). The molecule has 0 saturated carbocycles. The minimum Gasteiger partial charge on any atom is -0.393 e. The highest BCUT2D eigenvalue weighted by Crippen LogP contribution is 2.15. The van der Waals surface area contributed by atoms with Gasteiger partial charge in [-0.25, -0.2) is 0 Å². The van der Waals surface area contributed by atoms with E-state index in [1.165, 1.54) is 12.0 Å². The zero-order chi connectivity index (χ0) is 9.68. The summed E-state index contributed by atoms with van der Waals surface area (Å²) in [7, 11) is 0. The average molecular weight is 198 g/mol. The number of aliphatic hydroxyl groups excluding tert-OH is 1. The van der Waals surface area contributed by atoms with Crippen LogP contribution in [0.1, 0.15) is 32.3 Å². The molecular weight excluding hydrogens is 180 g/mol. The zero-order valence-electron chi connectivity index (χ0n) is 8.36. The van der Waals surface area contributed by atoms with Crippen LogP contribution in [-0.4, -0.2) is 11.2 Å². The fourth-order valence-electron chi connectivity index (χ4n) is 1.55. The molecule has 74 valence electrons. The number of hydrogen-bond donors (Lipinski definition) is 1. The third kappa shape index (κ3) is 4.44. The van der Waals surface area contributed by atoms with Crippen LogP contribution in [0.3, 0.4) is 0 Å². The van der Waals surface area contributed by atoms with Gasteiger partial charge in [-0.15, -0.1) is 0 Å². The Morgan fingerprint density at radius 3 is 2.77 bits per heavy atom. The molecule has 0 bridgehead atoms. The fraction of sp³-hybridized carbons (Fsp3) is 0.636. The Labute approximate surface area is 84.4 Å². The SMILES string of the molecule is CC(O)CC(C)CCc1ccsc1. The van der Waals surface area contributed by atoms with Gasteiger partial charge in [0.15, 0.2) is 0 Å². The maximum Gasteiger partial charge on any atom is 0.0514 e. The van der Waals surface area contributed by atoms with Gasteiger partial charge >= 0.3 is 0 Å². The predicted molar refractivity (Wildman–Crippen MR) is 58.1 cm³/mol. The second kappa shape index (κ2) is 5.40. The molecule has 2 unspecified atom stereocenters. The minimum absolute atomic E-state index is 0.155. The lowest BCUT2D eigenvalue weighted by molar-refractivity contribution is 0.162. The Kier molecular flexibility index (Phi) is 4.46. The molecule has 1 aromatic rings. The number of rotatable bonds is 5. The Bertz CT molecular complexity index is 216. The van der Waals surface area contributed by atoms with E-state index >= 15 is 0 Å². The van der Waals surface area contributed by atoms with Crippen molar-refractivity contribution < 1.29 is 5.11 Å². The van der Waals surface area contributed by atoms with Crippen molar-refractivity contribution in [2.75, 3.05) is 0 Å². The van der Waals surface area contributed by atoms with Crippen LogP contribution in [0.4, 0.5) is 0 Å². The molecule has 2 heteroatoms. The molecule has 1 aromatic heterocycles. The molecule has 0 spiro atoms. The molecule has 0 radical (unpaired) electrons. The van der Waals surface area contributed by atoms with E-state index in [0.29, 0.717) is 5.92 Å². The van der Waals surface area contributed by atoms with Crippen molar-refractivity contribution >= 4 is 11.3 Å². The summed E-state index contributed by atoms with van der Waals surface area (Å²) in [5.74, 6) is 0.625. The highest BCUT2D eigenvalue weighted by molar-refractivity contribution is 7.07. The molecule has 0 amide bonds. The van der Waals surface area contributed by atoms with Crippen molar-refractivity contribution in [2.24, 2.45) is 5.92 Å². The lowest BCUT2D eigenvalue weighted by Crippen LogP contribution is -2.07. The van der Waals surface area contributed by atoms with Gasteiger partial charge in [0.1, 0.15) is 0 Å². The van der Waals surface area contributed by atoms with Crippen LogP contribution in [0.15, 0.2) is 16.8 Å². The molecule has 1 N–H and O–H groups in total. The summed E-state index contributed by atoms with van der Waals surface area (Å²) in [5, 5.41) is 13.5. The van der Waals surface area contributed by atoms with E-state index in [-0.39, 0.29) is 6.10 Å². The molecule has 1 nitrogen and oxygen atoms in total. The molecule has 0 aliphatic heterocycles. The normalized spacial score (nSPS) is 15.6. The number of aryl methyl sites for hydroxylation is 1. The first-order valence-electron chi connectivity index (χ1n) is 4.87. The van der Waals surface area contributed by atoms with Crippen LogP contribution in [0.5, 0.6) is 0 Å². The van der Waals surface area contributed by atoms with E-state index in [9.17, 15) is 5.11 Å². The smallest absolute Gasteiger partial charge is 0.0514 e. The second-order valence-corrected chi connectivity index (χ2v) is 4.64.